The molecule has 0 radical (unpaired) electrons. The maximum atomic E-state index is 12.7. The number of morpholine rings is 1. The van der Waals surface area contributed by atoms with E-state index < -0.39 is 0 Å². The minimum absolute atomic E-state index is 0.00620. The van der Waals surface area contributed by atoms with Crippen LogP contribution in [0, 0.1) is 18.3 Å². The predicted octanol–water partition coefficient (Wildman–Crippen LogP) is 1.46. The molecule has 2 fully saturated rings. The number of ether oxygens (including phenoxy) is 1. The molecule has 3 heterocycles. The fraction of sp³-hybridized carbons (Fsp3) is 0.429. The second-order valence-corrected chi connectivity index (χ2v) is 7.24. The lowest BCUT2D eigenvalue weighted by atomic mass is 10.1. The van der Waals surface area contributed by atoms with Crippen LogP contribution < -0.4 is 9.80 Å². The Labute approximate surface area is 170 Å². The van der Waals surface area contributed by atoms with Crippen LogP contribution in [0.4, 0.5) is 11.8 Å². The van der Waals surface area contributed by atoms with Crippen LogP contribution in [-0.4, -0.2) is 73.3 Å². The van der Waals surface area contributed by atoms with Crippen LogP contribution in [0.25, 0.3) is 0 Å². The van der Waals surface area contributed by atoms with Crippen molar-refractivity contribution in [3.05, 3.63) is 47.2 Å². The van der Waals surface area contributed by atoms with Gasteiger partial charge >= 0.3 is 0 Å². The Morgan fingerprint density at radius 2 is 1.69 bits per heavy atom. The fourth-order valence-corrected chi connectivity index (χ4v) is 3.61. The summed E-state index contributed by atoms with van der Waals surface area (Å²) in [4.78, 5) is 28.3. The minimum Gasteiger partial charge on any atom is -0.378 e. The molecular weight excluding hydrogens is 368 g/mol. The third-order valence-corrected chi connectivity index (χ3v) is 5.27. The van der Waals surface area contributed by atoms with E-state index in [9.17, 15) is 4.79 Å². The van der Waals surface area contributed by atoms with Crippen molar-refractivity contribution in [1.82, 2.24) is 14.9 Å². The lowest BCUT2D eigenvalue weighted by molar-refractivity contribution is 0.0746. The van der Waals surface area contributed by atoms with Crippen LogP contribution in [-0.2, 0) is 4.74 Å². The van der Waals surface area contributed by atoms with Gasteiger partial charge in [-0.3, -0.25) is 4.79 Å². The van der Waals surface area contributed by atoms with Gasteiger partial charge < -0.3 is 19.4 Å². The van der Waals surface area contributed by atoms with Crippen molar-refractivity contribution in [2.45, 2.75) is 6.92 Å². The molecular formula is C21H24N6O2. The van der Waals surface area contributed by atoms with E-state index in [1.807, 2.05) is 17.9 Å². The van der Waals surface area contributed by atoms with Crippen LogP contribution in [0.3, 0.4) is 0 Å². The van der Waals surface area contributed by atoms with E-state index in [0.29, 0.717) is 50.5 Å². The first-order valence-electron chi connectivity index (χ1n) is 9.87. The number of hydrogen-bond donors (Lipinski definition) is 0. The molecule has 2 aliphatic rings. The Morgan fingerprint density at radius 1 is 1.00 bits per heavy atom. The van der Waals surface area contributed by atoms with Gasteiger partial charge in [0.05, 0.1) is 24.8 Å². The Hall–Kier alpha value is -3.18. The summed E-state index contributed by atoms with van der Waals surface area (Å²) in [6.07, 6.45) is 0. The lowest BCUT2D eigenvalue weighted by Gasteiger charge is -2.35. The van der Waals surface area contributed by atoms with Crippen molar-refractivity contribution >= 4 is 17.7 Å². The highest BCUT2D eigenvalue weighted by atomic mass is 16.5. The van der Waals surface area contributed by atoms with Gasteiger partial charge in [-0.15, -0.1) is 0 Å². The van der Waals surface area contributed by atoms with Crippen LogP contribution >= 0.6 is 0 Å². The van der Waals surface area contributed by atoms with Gasteiger partial charge in [0.25, 0.3) is 5.91 Å². The van der Waals surface area contributed by atoms with Crippen molar-refractivity contribution in [3.63, 3.8) is 0 Å². The van der Waals surface area contributed by atoms with E-state index in [1.165, 1.54) is 0 Å². The molecule has 0 N–H and O–H groups in total. The first-order valence-corrected chi connectivity index (χ1v) is 9.87. The summed E-state index contributed by atoms with van der Waals surface area (Å²) in [5, 5.41) is 8.90. The van der Waals surface area contributed by atoms with Gasteiger partial charge in [0.15, 0.2) is 0 Å². The normalized spacial score (nSPS) is 17.2. The molecule has 8 nitrogen and oxygen atoms in total. The van der Waals surface area contributed by atoms with Gasteiger partial charge in [-0.1, -0.05) is 0 Å². The Bertz CT molecular complexity index is 910. The molecule has 0 spiro atoms. The molecule has 2 aromatic rings. The summed E-state index contributed by atoms with van der Waals surface area (Å²) in [5.74, 6) is 1.65. The molecule has 4 rings (SSSR count). The number of amides is 1. The van der Waals surface area contributed by atoms with E-state index in [0.717, 1.165) is 30.5 Å². The summed E-state index contributed by atoms with van der Waals surface area (Å²) in [6.45, 7) is 7.70. The Balaban J connectivity index is 1.42. The summed E-state index contributed by atoms with van der Waals surface area (Å²) in [6, 6.07) is 10.9. The van der Waals surface area contributed by atoms with Crippen LogP contribution in [0.5, 0.6) is 0 Å². The number of rotatable bonds is 3. The molecule has 1 aromatic carbocycles. The zero-order chi connectivity index (χ0) is 20.2. The summed E-state index contributed by atoms with van der Waals surface area (Å²) < 4.78 is 5.43. The van der Waals surface area contributed by atoms with Crippen molar-refractivity contribution in [2.75, 3.05) is 62.3 Å². The molecule has 0 bridgehead atoms. The zero-order valence-corrected chi connectivity index (χ0v) is 16.5. The number of nitriles is 1. The molecule has 0 aliphatic carbocycles. The monoisotopic (exact) mass is 392 g/mol. The molecule has 0 saturated carbocycles. The maximum absolute atomic E-state index is 12.7. The fourth-order valence-electron chi connectivity index (χ4n) is 3.61. The summed E-state index contributed by atoms with van der Waals surface area (Å²) >= 11 is 0. The Kier molecular flexibility index (Phi) is 5.58. The number of hydrogen-bond acceptors (Lipinski definition) is 7. The topological polar surface area (TPSA) is 85.6 Å². The Morgan fingerprint density at radius 3 is 2.34 bits per heavy atom. The molecule has 2 aliphatic heterocycles. The van der Waals surface area contributed by atoms with Gasteiger partial charge in [0.2, 0.25) is 5.95 Å². The number of aryl methyl sites for hydroxylation is 1. The zero-order valence-electron chi connectivity index (χ0n) is 16.5. The first-order chi connectivity index (χ1) is 14.1. The number of piperazine rings is 1. The molecule has 150 valence electrons. The first kappa shape index (κ1) is 19.2. The van der Waals surface area contributed by atoms with Gasteiger partial charge in [0, 0.05) is 56.6 Å². The van der Waals surface area contributed by atoms with Crippen molar-refractivity contribution in [2.24, 2.45) is 0 Å². The summed E-state index contributed by atoms with van der Waals surface area (Å²) in [7, 11) is 0. The van der Waals surface area contributed by atoms with E-state index >= 15 is 0 Å². The average Bonchev–Trinajstić information content (AvgIpc) is 2.79. The van der Waals surface area contributed by atoms with E-state index in [4.69, 9.17) is 15.0 Å². The second kappa shape index (κ2) is 8.45. The molecule has 0 unspecified atom stereocenters. The quantitative estimate of drug-likeness (QED) is 0.782. The van der Waals surface area contributed by atoms with E-state index in [2.05, 4.69) is 20.9 Å². The van der Waals surface area contributed by atoms with E-state index in [-0.39, 0.29) is 5.91 Å². The van der Waals surface area contributed by atoms with Crippen LogP contribution in [0.2, 0.25) is 0 Å². The van der Waals surface area contributed by atoms with Gasteiger partial charge in [-0.25, -0.2) is 4.98 Å². The highest BCUT2D eigenvalue weighted by molar-refractivity contribution is 5.94. The van der Waals surface area contributed by atoms with Crippen LogP contribution in [0.15, 0.2) is 30.3 Å². The van der Waals surface area contributed by atoms with Gasteiger partial charge in [-0.2, -0.15) is 10.2 Å². The van der Waals surface area contributed by atoms with Crippen molar-refractivity contribution < 1.29 is 9.53 Å². The predicted molar refractivity (Wildman–Crippen MR) is 109 cm³/mol. The average molecular weight is 392 g/mol. The number of carbonyl (C=O) groups is 1. The molecule has 1 aromatic heterocycles. The maximum Gasteiger partial charge on any atom is 0.253 e. The number of nitrogens with zero attached hydrogens (tertiary/aromatic N) is 6. The molecule has 29 heavy (non-hydrogen) atoms. The van der Waals surface area contributed by atoms with Gasteiger partial charge in [0.1, 0.15) is 5.82 Å². The number of benzene rings is 1. The molecule has 1 amide bonds. The highest BCUT2D eigenvalue weighted by Gasteiger charge is 2.24. The summed E-state index contributed by atoms with van der Waals surface area (Å²) in [5.41, 5.74) is 2.10. The molecule has 8 heteroatoms. The molecule has 0 atom stereocenters. The smallest absolute Gasteiger partial charge is 0.253 e. The molecule has 2 saturated heterocycles. The standard InChI is InChI=1S/C21H24N6O2/c1-16-14-19(25-10-12-29-13-11-25)24-21(23-16)27-8-6-26(7-9-27)20(28)18-4-2-17(15-22)3-5-18/h2-5,14H,6-13H2,1H3. The van der Waals surface area contributed by atoms with Crippen molar-refractivity contribution in [1.29, 1.82) is 5.26 Å². The highest BCUT2D eigenvalue weighted by Crippen LogP contribution is 2.20. The van der Waals surface area contributed by atoms with Crippen molar-refractivity contribution in [3.8, 4) is 6.07 Å². The lowest BCUT2D eigenvalue weighted by Crippen LogP contribution is -2.49. The SMILES string of the molecule is Cc1cc(N2CCOCC2)nc(N2CCN(C(=O)c3ccc(C#N)cc3)CC2)n1. The van der Waals surface area contributed by atoms with Crippen LogP contribution in [0.1, 0.15) is 21.6 Å². The minimum atomic E-state index is -0.00620. The third kappa shape index (κ3) is 4.30. The number of carbonyl (C=O) groups excluding carboxylic acids is 1. The van der Waals surface area contributed by atoms with E-state index in [1.54, 1.807) is 24.3 Å². The van der Waals surface area contributed by atoms with Gasteiger partial charge in [-0.05, 0) is 31.2 Å². The number of aromatic nitrogens is 2. The number of anilines is 2. The largest absolute Gasteiger partial charge is 0.378 e. The third-order valence-electron chi connectivity index (χ3n) is 5.27. The second-order valence-electron chi connectivity index (χ2n) is 7.24.